The third-order valence-corrected chi connectivity index (χ3v) is 7.00. The summed E-state index contributed by atoms with van der Waals surface area (Å²) in [6, 6.07) is 16.7. The Hall–Kier alpha value is -3.52. The van der Waals surface area contributed by atoms with Gasteiger partial charge in [-0.2, -0.15) is 0 Å². The molecule has 0 aromatic heterocycles. The largest absolute Gasteiger partial charge is 0.493 e. The van der Waals surface area contributed by atoms with E-state index in [2.05, 4.69) is 5.32 Å². The lowest BCUT2D eigenvalue weighted by molar-refractivity contribution is -0.114. The van der Waals surface area contributed by atoms with Crippen LogP contribution < -0.4 is 19.1 Å². The highest BCUT2D eigenvalue weighted by Gasteiger charge is 2.28. The molecule has 0 atom stereocenters. The molecule has 1 amide bonds. The van der Waals surface area contributed by atoms with E-state index in [9.17, 15) is 13.2 Å². The third-order valence-electron chi connectivity index (χ3n) is 5.21. The van der Waals surface area contributed by atoms with Crippen molar-refractivity contribution in [3.8, 4) is 11.5 Å². The van der Waals surface area contributed by atoms with Gasteiger partial charge in [0.05, 0.1) is 24.8 Å². The van der Waals surface area contributed by atoms with Crippen LogP contribution in [-0.2, 0) is 14.8 Å². The Morgan fingerprint density at radius 3 is 2.06 bits per heavy atom. The Kier molecular flexibility index (Phi) is 7.28. The number of carbonyl (C=O) groups excluding carboxylic acids is 1. The van der Waals surface area contributed by atoms with E-state index in [0.29, 0.717) is 17.2 Å². The number of nitrogens with one attached hydrogen (secondary N) is 1. The van der Waals surface area contributed by atoms with E-state index >= 15 is 0 Å². The van der Waals surface area contributed by atoms with Crippen LogP contribution in [0.25, 0.3) is 0 Å². The molecule has 0 bridgehead atoms. The molecule has 0 aliphatic heterocycles. The smallest absolute Gasteiger partial charge is 0.264 e. The lowest BCUT2D eigenvalue weighted by Gasteiger charge is -2.25. The number of methoxy groups -OCH3 is 2. The van der Waals surface area contributed by atoms with Gasteiger partial charge in [-0.05, 0) is 56.2 Å². The fraction of sp³-hybridized carbons (Fsp3) is 0.240. The van der Waals surface area contributed by atoms with Crippen molar-refractivity contribution >= 4 is 27.3 Å². The van der Waals surface area contributed by atoms with Gasteiger partial charge in [0.1, 0.15) is 6.54 Å². The summed E-state index contributed by atoms with van der Waals surface area (Å²) in [5, 5.41) is 2.88. The number of amides is 1. The number of aryl methyl sites for hydroxylation is 3. The molecule has 1 N–H and O–H groups in total. The highest BCUT2D eigenvalue weighted by atomic mass is 32.2. The van der Waals surface area contributed by atoms with Crippen molar-refractivity contribution in [3.63, 3.8) is 0 Å². The normalized spacial score (nSPS) is 11.1. The van der Waals surface area contributed by atoms with E-state index in [1.165, 1.54) is 32.4 Å². The molecule has 3 rings (SSSR count). The molecule has 0 radical (unpaired) electrons. The first-order valence-corrected chi connectivity index (χ1v) is 11.8. The summed E-state index contributed by atoms with van der Waals surface area (Å²) in [4.78, 5) is 13.1. The molecular weight excluding hydrogens is 440 g/mol. The molecule has 3 aromatic rings. The van der Waals surface area contributed by atoms with Gasteiger partial charge >= 0.3 is 0 Å². The maximum absolute atomic E-state index is 13.5. The monoisotopic (exact) mass is 468 g/mol. The maximum Gasteiger partial charge on any atom is 0.264 e. The minimum atomic E-state index is -4.04. The second-order valence-corrected chi connectivity index (χ2v) is 9.55. The average molecular weight is 469 g/mol. The van der Waals surface area contributed by atoms with Crippen LogP contribution in [0.1, 0.15) is 16.7 Å². The molecule has 33 heavy (non-hydrogen) atoms. The average Bonchev–Trinajstić information content (AvgIpc) is 2.79. The fourth-order valence-corrected chi connectivity index (χ4v) is 5.14. The summed E-state index contributed by atoms with van der Waals surface area (Å²) < 4.78 is 38.7. The van der Waals surface area contributed by atoms with Gasteiger partial charge in [-0.1, -0.05) is 35.9 Å². The van der Waals surface area contributed by atoms with Crippen LogP contribution in [-0.4, -0.2) is 35.1 Å². The van der Waals surface area contributed by atoms with Crippen molar-refractivity contribution in [2.75, 3.05) is 30.4 Å². The van der Waals surface area contributed by atoms with Crippen LogP contribution in [0.5, 0.6) is 11.5 Å². The molecule has 8 heteroatoms. The Morgan fingerprint density at radius 2 is 1.48 bits per heavy atom. The molecular formula is C25H28N2O5S. The summed E-state index contributed by atoms with van der Waals surface area (Å²) in [5.41, 5.74) is 3.86. The number of sulfonamides is 1. The highest BCUT2D eigenvalue weighted by Crippen LogP contribution is 2.34. The number of rotatable bonds is 8. The van der Waals surface area contributed by atoms with E-state index in [0.717, 1.165) is 21.0 Å². The topological polar surface area (TPSA) is 84.9 Å². The number of ether oxygens (including phenoxy) is 2. The summed E-state index contributed by atoms with van der Waals surface area (Å²) in [5.74, 6) is 0.349. The molecule has 0 spiro atoms. The fourth-order valence-electron chi connectivity index (χ4n) is 3.70. The molecule has 0 aliphatic rings. The first-order valence-electron chi connectivity index (χ1n) is 10.3. The molecule has 0 unspecified atom stereocenters. The van der Waals surface area contributed by atoms with Gasteiger partial charge < -0.3 is 14.8 Å². The lowest BCUT2D eigenvalue weighted by Crippen LogP contribution is -2.38. The van der Waals surface area contributed by atoms with Gasteiger partial charge in [0.15, 0.2) is 11.5 Å². The van der Waals surface area contributed by atoms with Gasteiger partial charge in [-0.3, -0.25) is 9.10 Å². The third kappa shape index (κ3) is 5.28. The second-order valence-electron chi connectivity index (χ2n) is 7.69. The zero-order chi connectivity index (χ0) is 24.2. The van der Waals surface area contributed by atoms with E-state index in [1.54, 1.807) is 30.3 Å². The highest BCUT2D eigenvalue weighted by molar-refractivity contribution is 7.92. The van der Waals surface area contributed by atoms with Gasteiger partial charge in [0.2, 0.25) is 5.91 Å². The molecule has 0 aliphatic carbocycles. The van der Waals surface area contributed by atoms with E-state index in [-0.39, 0.29) is 10.6 Å². The van der Waals surface area contributed by atoms with Crippen LogP contribution in [0.15, 0.2) is 65.6 Å². The molecule has 0 saturated heterocycles. The minimum Gasteiger partial charge on any atom is -0.493 e. The van der Waals surface area contributed by atoms with Crippen LogP contribution in [0.4, 0.5) is 11.4 Å². The zero-order valence-corrected chi connectivity index (χ0v) is 20.2. The maximum atomic E-state index is 13.5. The summed E-state index contributed by atoms with van der Waals surface area (Å²) in [7, 11) is -1.08. The van der Waals surface area contributed by atoms with Gasteiger partial charge in [0.25, 0.3) is 10.0 Å². The Balaban J connectivity index is 2.02. The minimum absolute atomic E-state index is 0.0790. The second kappa shape index (κ2) is 9.95. The Morgan fingerprint density at radius 1 is 0.879 bits per heavy atom. The van der Waals surface area contributed by atoms with E-state index < -0.39 is 22.5 Å². The quantitative estimate of drug-likeness (QED) is 0.528. The molecule has 0 saturated carbocycles. The molecule has 3 aromatic carbocycles. The van der Waals surface area contributed by atoms with Crippen molar-refractivity contribution in [1.82, 2.24) is 0 Å². The molecule has 174 valence electrons. The molecule has 0 heterocycles. The number of hydrogen-bond acceptors (Lipinski definition) is 5. The van der Waals surface area contributed by atoms with Gasteiger partial charge in [-0.25, -0.2) is 8.42 Å². The summed E-state index contributed by atoms with van der Waals surface area (Å²) in [6.07, 6.45) is 0. The van der Waals surface area contributed by atoms with Crippen LogP contribution in [0.3, 0.4) is 0 Å². The van der Waals surface area contributed by atoms with Crippen LogP contribution in [0.2, 0.25) is 0 Å². The standard InChI is InChI=1S/C25H28N2O5S/c1-17-13-18(2)25(19(3)14-17)26-24(28)16-27(33(29,30)21-9-7-6-8-10-21)20-11-12-22(31-4)23(15-20)32-5/h6-15H,16H2,1-5H3,(H,26,28). The van der Waals surface area contributed by atoms with Crippen molar-refractivity contribution in [3.05, 3.63) is 77.4 Å². The van der Waals surface area contributed by atoms with Crippen molar-refractivity contribution in [1.29, 1.82) is 0 Å². The number of anilines is 2. The summed E-state index contributed by atoms with van der Waals surface area (Å²) >= 11 is 0. The first kappa shape index (κ1) is 24.1. The predicted molar refractivity (Wildman–Crippen MR) is 130 cm³/mol. The Bertz CT molecular complexity index is 1230. The van der Waals surface area contributed by atoms with Crippen molar-refractivity contribution < 1.29 is 22.7 Å². The van der Waals surface area contributed by atoms with Gasteiger partial charge in [-0.15, -0.1) is 0 Å². The van der Waals surface area contributed by atoms with Crippen LogP contribution in [0, 0.1) is 20.8 Å². The van der Waals surface area contributed by atoms with Crippen LogP contribution >= 0.6 is 0 Å². The zero-order valence-electron chi connectivity index (χ0n) is 19.4. The number of hydrogen-bond donors (Lipinski definition) is 1. The lowest BCUT2D eigenvalue weighted by atomic mass is 10.1. The predicted octanol–water partition coefficient (Wildman–Crippen LogP) is 4.46. The van der Waals surface area contributed by atoms with Crippen molar-refractivity contribution in [2.24, 2.45) is 0 Å². The van der Waals surface area contributed by atoms with E-state index in [4.69, 9.17) is 9.47 Å². The van der Waals surface area contributed by atoms with E-state index in [1.807, 2.05) is 32.9 Å². The van der Waals surface area contributed by atoms with Gasteiger partial charge in [0, 0.05) is 11.8 Å². The Labute approximate surface area is 195 Å². The number of benzene rings is 3. The molecule has 0 fully saturated rings. The summed E-state index contributed by atoms with van der Waals surface area (Å²) in [6.45, 7) is 5.38. The SMILES string of the molecule is COc1ccc(N(CC(=O)Nc2c(C)cc(C)cc2C)S(=O)(=O)c2ccccc2)cc1OC. The number of carbonyl (C=O) groups is 1. The van der Waals surface area contributed by atoms with Crippen molar-refractivity contribution in [2.45, 2.75) is 25.7 Å². The molecule has 7 nitrogen and oxygen atoms in total. The number of nitrogens with zero attached hydrogens (tertiary/aromatic N) is 1. The first-order chi connectivity index (χ1) is 15.7.